The van der Waals surface area contributed by atoms with Gasteiger partial charge in [0.25, 0.3) is 11.6 Å². The lowest BCUT2D eigenvalue weighted by atomic mass is 10.1. The molecule has 0 atom stereocenters. The molecule has 0 amide bonds. The van der Waals surface area contributed by atoms with Gasteiger partial charge in [-0.25, -0.2) is 4.98 Å². The Morgan fingerprint density at radius 3 is 2.59 bits per heavy atom. The van der Waals surface area contributed by atoms with Crippen molar-refractivity contribution >= 4 is 23.0 Å². The average molecular weight is 461 g/mol. The molecule has 32 heavy (non-hydrogen) atoms. The Kier molecular flexibility index (Phi) is 6.22. The van der Waals surface area contributed by atoms with Gasteiger partial charge in [-0.15, -0.1) is 0 Å². The summed E-state index contributed by atoms with van der Waals surface area (Å²) in [4.78, 5) is 13.0. The number of aromatic nitrogens is 3. The average Bonchev–Trinajstić information content (AvgIpc) is 3.15. The lowest BCUT2D eigenvalue weighted by Gasteiger charge is -2.09. The molecule has 166 valence electrons. The molecule has 2 heterocycles. The molecular weight excluding hydrogens is 443 g/mol. The van der Waals surface area contributed by atoms with Gasteiger partial charge in [0.15, 0.2) is 5.52 Å². The van der Waals surface area contributed by atoms with E-state index in [-0.39, 0.29) is 40.0 Å². The SMILES string of the molecule is CCCOc1nc(Oc2cccc(SC(F)(F)F)c2)nc2oc(-c3cccc(C)c3)nc12. The zero-order valence-electron chi connectivity index (χ0n) is 17.1. The minimum atomic E-state index is -4.40. The van der Waals surface area contributed by atoms with Crippen LogP contribution >= 0.6 is 11.8 Å². The van der Waals surface area contributed by atoms with E-state index in [9.17, 15) is 13.2 Å². The highest BCUT2D eigenvalue weighted by Crippen LogP contribution is 2.38. The molecule has 2 aromatic heterocycles. The maximum atomic E-state index is 12.7. The first-order chi connectivity index (χ1) is 15.3. The molecule has 0 aliphatic rings. The predicted octanol–water partition coefficient (Wildman–Crippen LogP) is 6.79. The molecule has 4 aromatic rings. The van der Waals surface area contributed by atoms with Crippen molar-refractivity contribution in [3.05, 3.63) is 54.1 Å². The van der Waals surface area contributed by atoms with Gasteiger partial charge in [0, 0.05) is 10.5 Å². The zero-order chi connectivity index (χ0) is 22.7. The Balaban J connectivity index is 1.70. The maximum absolute atomic E-state index is 12.7. The molecule has 6 nitrogen and oxygen atoms in total. The van der Waals surface area contributed by atoms with Gasteiger partial charge in [-0.2, -0.15) is 23.1 Å². The Hall–Kier alpha value is -3.27. The zero-order valence-corrected chi connectivity index (χ0v) is 18.0. The molecule has 0 aliphatic heterocycles. The predicted molar refractivity (Wildman–Crippen MR) is 114 cm³/mol. The molecule has 10 heteroatoms. The van der Waals surface area contributed by atoms with Gasteiger partial charge in [-0.1, -0.05) is 30.7 Å². The van der Waals surface area contributed by atoms with Crippen molar-refractivity contribution in [1.82, 2.24) is 15.0 Å². The van der Waals surface area contributed by atoms with E-state index in [4.69, 9.17) is 13.9 Å². The van der Waals surface area contributed by atoms with Gasteiger partial charge in [0.2, 0.25) is 5.89 Å². The van der Waals surface area contributed by atoms with Crippen molar-refractivity contribution in [2.24, 2.45) is 0 Å². The van der Waals surface area contributed by atoms with Crippen LogP contribution in [0.5, 0.6) is 17.6 Å². The second kappa shape index (κ2) is 9.07. The number of oxazole rings is 1. The number of nitrogens with zero attached hydrogens (tertiary/aromatic N) is 3. The molecule has 0 radical (unpaired) electrons. The number of alkyl halides is 3. The van der Waals surface area contributed by atoms with Crippen LogP contribution < -0.4 is 9.47 Å². The van der Waals surface area contributed by atoms with Crippen LogP contribution in [0.4, 0.5) is 13.2 Å². The summed E-state index contributed by atoms with van der Waals surface area (Å²) >= 11 is -0.230. The van der Waals surface area contributed by atoms with Crippen LogP contribution in [0, 0.1) is 6.92 Å². The Morgan fingerprint density at radius 2 is 1.84 bits per heavy atom. The first-order valence-corrected chi connectivity index (χ1v) is 10.5. The molecule has 4 rings (SSSR count). The number of halogens is 3. The minimum Gasteiger partial charge on any atom is -0.476 e. The smallest absolute Gasteiger partial charge is 0.446 e. The van der Waals surface area contributed by atoms with Crippen LogP contribution in [-0.2, 0) is 0 Å². The first kappa shape index (κ1) is 21.9. The highest BCUT2D eigenvalue weighted by Gasteiger charge is 2.29. The van der Waals surface area contributed by atoms with E-state index >= 15 is 0 Å². The van der Waals surface area contributed by atoms with Gasteiger partial charge in [0.1, 0.15) is 5.75 Å². The first-order valence-electron chi connectivity index (χ1n) is 9.73. The van der Waals surface area contributed by atoms with E-state index in [1.54, 1.807) is 0 Å². The molecule has 0 bridgehead atoms. The lowest BCUT2D eigenvalue weighted by molar-refractivity contribution is -0.0328. The highest BCUT2D eigenvalue weighted by atomic mass is 32.2. The van der Waals surface area contributed by atoms with E-state index in [0.717, 1.165) is 17.5 Å². The van der Waals surface area contributed by atoms with E-state index < -0.39 is 5.51 Å². The van der Waals surface area contributed by atoms with Crippen LogP contribution in [-0.4, -0.2) is 27.1 Å². The molecule has 0 unspecified atom stereocenters. The standard InChI is InChI=1S/C22H18F3N3O3S/c1-3-10-29-19-17-20(31-18(26-17)14-7-4-6-13(2)11-14)28-21(27-19)30-15-8-5-9-16(12-15)32-22(23,24)25/h4-9,11-12H,3,10H2,1-2H3. The maximum Gasteiger partial charge on any atom is 0.446 e. The van der Waals surface area contributed by atoms with Crippen molar-refractivity contribution in [3.63, 3.8) is 0 Å². The van der Waals surface area contributed by atoms with Crippen LogP contribution in [0.3, 0.4) is 0 Å². The second-order valence-electron chi connectivity index (χ2n) is 6.83. The fraction of sp³-hybridized carbons (Fsp3) is 0.227. The van der Waals surface area contributed by atoms with E-state index in [1.807, 2.05) is 38.1 Å². The number of ether oxygens (including phenoxy) is 2. The molecule has 2 aromatic carbocycles. The monoisotopic (exact) mass is 461 g/mol. The lowest BCUT2D eigenvalue weighted by Crippen LogP contribution is -2.01. The molecule has 0 aliphatic carbocycles. The summed E-state index contributed by atoms with van der Waals surface area (Å²) in [5.41, 5.74) is -2.11. The van der Waals surface area contributed by atoms with Gasteiger partial charge < -0.3 is 13.9 Å². The van der Waals surface area contributed by atoms with Crippen molar-refractivity contribution in [2.75, 3.05) is 6.61 Å². The number of fused-ring (bicyclic) bond motifs is 1. The Labute approximate surface area is 185 Å². The number of aryl methyl sites for hydroxylation is 1. The van der Waals surface area contributed by atoms with Crippen LogP contribution in [0.25, 0.3) is 22.7 Å². The van der Waals surface area contributed by atoms with Gasteiger partial charge in [-0.3, -0.25) is 0 Å². The van der Waals surface area contributed by atoms with Crippen LogP contribution in [0.2, 0.25) is 0 Å². The fourth-order valence-corrected chi connectivity index (χ4v) is 3.45. The van der Waals surface area contributed by atoms with Gasteiger partial charge >= 0.3 is 11.5 Å². The van der Waals surface area contributed by atoms with Crippen molar-refractivity contribution in [3.8, 4) is 29.1 Å². The van der Waals surface area contributed by atoms with Crippen LogP contribution in [0.15, 0.2) is 57.8 Å². The number of rotatable bonds is 7. The van der Waals surface area contributed by atoms with E-state index in [0.29, 0.717) is 18.0 Å². The quantitative estimate of drug-likeness (QED) is 0.281. The molecular formula is C22H18F3N3O3S. The van der Waals surface area contributed by atoms with Crippen molar-refractivity contribution in [1.29, 1.82) is 0 Å². The normalized spacial score (nSPS) is 11.7. The molecule has 0 saturated carbocycles. The summed E-state index contributed by atoms with van der Waals surface area (Å²) < 4.78 is 55.2. The third kappa shape index (κ3) is 5.31. The number of hydrogen-bond acceptors (Lipinski definition) is 7. The van der Waals surface area contributed by atoms with Crippen LogP contribution in [0.1, 0.15) is 18.9 Å². The fourth-order valence-electron chi connectivity index (χ4n) is 2.87. The van der Waals surface area contributed by atoms with Crippen molar-refractivity contribution in [2.45, 2.75) is 30.7 Å². The second-order valence-corrected chi connectivity index (χ2v) is 7.97. The third-order valence-corrected chi connectivity index (χ3v) is 4.88. The highest BCUT2D eigenvalue weighted by molar-refractivity contribution is 8.00. The summed E-state index contributed by atoms with van der Waals surface area (Å²) in [6.07, 6.45) is 0.737. The van der Waals surface area contributed by atoms with Crippen molar-refractivity contribution < 1.29 is 27.1 Å². The Bertz CT molecular complexity index is 1240. The molecule has 0 fully saturated rings. The molecule has 0 N–H and O–H groups in total. The van der Waals surface area contributed by atoms with Gasteiger partial charge in [-0.05, 0) is 55.4 Å². The largest absolute Gasteiger partial charge is 0.476 e. The van der Waals surface area contributed by atoms with E-state index in [1.165, 1.54) is 24.3 Å². The molecule has 0 spiro atoms. The summed E-state index contributed by atoms with van der Waals surface area (Å²) in [7, 11) is 0. The van der Waals surface area contributed by atoms with E-state index in [2.05, 4.69) is 15.0 Å². The summed E-state index contributed by atoms with van der Waals surface area (Å²) in [6.45, 7) is 4.29. The molecule has 0 saturated heterocycles. The summed E-state index contributed by atoms with van der Waals surface area (Å²) in [5.74, 6) is 0.675. The summed E-state index contributed by atoms with van der Waals surface area (Å²) in [5, 5.41) is 0. The topological polar surface area (TPSA) is 70.3 Å². The third-order valence-electron chi connectivity index (χ3n) is 4.16. The number of benzene rings is 2. The van der Waals surface area contributed by atoms with Gasteiger partial charge in [0.05, 0.1) is 6.61 Å². The minimum absolute atomic E-state index is 0.0140. The Morgan fingerprint density at radius 1 is 1.03 bits per heavy atom. The number of thioether (sulfide) groups is 1. The summed E-state index contributed by atoms with van der Waals surface area (Å²) in [6, 6.07) is 13.1. The number of hydrogen-bond donors (Lipinski definition) is 0.